The third-order valence-corrected chi connectivity index (χ3v) is 4.43. The van der Waals surface area contributed by atoms with Crippen molar-refractivity contribution in [1.29, 1.82) is 0 Å². The first-order chi connectivity index (χ1) is 9.24. The van der Waals surface area contributed by atoms with Crippen molar-refractivity contribution in [2.75, 3.05) is 0 Å². The van der Waals surface area contributed by atoms with Crippen molar-refractivity contribution in [2.24, 2.45) is 0 Å². The number of fused-ring (bicyclic) bond motifs is 1. The van der Waals surface area contributed by atoms with Crippen molar-refractivity contribution in [2.45, 2.75) is 31.8 Å². The van der Waals surface area contributed by atoms with E-state index in [9.17, 15) is 0 Å². The van der Waals surface area contributed by atoms with Crippen molar-refractivity contribution in [3.63, 3.8) is 0 Å². The molecule has 1 N–H and O–H groups in total. The van der Waals surface area contributed by atoms with Crippen molar-refractivity contribution in [3.8, 4) is 0 Å². The summed E-state index contributed by atoms with van der Waals surface area (Å²) in [6.07, 6.45) is 2.40. The molecule has 0 heterocycles. The van der Waals surface area contributed by atoms with Crippen LogP contribution in [-0.2, 0) is 6.42 Å². The summed E-state index contributed by atoms with van der Waals surface area (Å²) in [5.41, 5.74) is 4.31. The van der Waals surface area contributed by atoms with Gasteiger partial charge in [0.25, 0.3) is 0 Å². The summed E-state index contributed by atoms with van der Waals surface area (Å²) in [6, 6.07) is 18.2. The number of benzene rings is 2. The minimum absolute atomic E-state index is 0.369. The van der Waals surface area contributed by atoms with E-state index in [0.29, 0.717) is 12.1 Å². The largest absolute Gasteiger partial charge is 0.303 e. The molecule has 3 rings (SSSR count). The van der Waals surface area contributed by atoms with Gasteiger partial charge in [0.15, 0.2) is 0 Å². The van der Waals surface area contributed by atoms with Gasteiger partial charge in [-0.05, 0) is 48.6 Å². The van der Waals surface area contributed by atoms with Gasteiger partial charge in [0.2, 0.25) is 0 Å². The quantitative estimate of drug-likeness (QED) is 0.859. The lowest BCUT2D eigenvalue weighted by Crippen LogP contribution is -2.22. The summed E-state index contributed by atoms with van der Waals surface area (Å²) >= 11 is 3.54. The van der Waals surface area contributed by atoms with Gasteiger partial charge in [-0.2, -0.15) is 0 Å². The molecule has 2 aromatic carbocycles. The number of hydrogen-bond donors (Lipinski definition) is 1. The predicted molar refractivity (Wildman–Crippen MR) is 83.2 cm³/mol. The van der Waals surface area contributed by atoms with E-state index in [4.69, 9.17) is 0 Å². The Bertz CT molecular complexity index is 579. The maximum atomic E-state index is 3.76. The highest BCUT2D eigenvalue weighted by molar-refractivity contribution is 9.10. The fraction of sp³-hybridized carbons (Fsp3) is 0.294. The van der Waals surface area contributed by atoms with Crippen molar-refractivity contribution in [3.05, 3.63) is 69.7 Å². The molecule has 1 aliphatic rings. The highest BCUT2D eigenvalue weighted by Crippen LogP contribution is 2.33. The maximum Gasteiger partial charge on any atom is 0.0331 e. The van der Waals surface area contributed by atoms with Gasteiger partial charge in [-0.3, -0.25) is 0 Å². The van der Waals surface area contributed by atoms with Gasteiger partial charge in [-0.15, -0.1) is 0 Å². The van der Waals surface area contributed by atoms with Crippen molar-refractivity contribution in [1.82, 2.24) is 5.32 Å². The van der Waals surface area contributed by atoms with Crippen molar-refractivity contribution < 1.29 is 0 Å². The van der Waals surface area contributed by atoms with Gasteiger partial charge in [-0.25, -0.2) is 0 Å². The van der Waals surface area contributed by atoms with Gasteiger partial charge in [0, 0.05) is 16.6 Å². The summed E-state index contributed by atoms with van der Waals surface area (Å²) in [5.74, 6) is 0. The predicted octanol–water partition coefficient (Wildman–Crippen LogP) is 4.79. The van der Waals surface area contributed by atoms with Crippen LogP contribution >= 0.6 is 15.9 Å². The highest BCUT2D eigenvalue weighted by Gasteiger charge is 2.23. The average molecular weight is 316 g/mol. The minimum atomic E-state index is 0.369. The SMILES string of the molecule is CC(NC1CCc2ccccc21)c1cccc(Br)c1. The molecule has 2 unspecified atom stereocenters. The molecule has 2 heteroatoms. The fourth-order valence-corrected chi connectivity index (χ4v) is 3.32. The smallest absolute Gasteiger partial charge is 0.0331 e. The van der Waals surface area contributed by atoms with Crippen LogP contribution in [0.4, 0.5) is 0 Å². The van der Waals surface area contributed by atoms with E-state index in [1.165, 1.54) is 29.5 Å². The van der Waals surface area contributed by atoms with E-state index < -0.39 is 0 Å². The Morgan fingerprint density at radius 1 is 1.16 bits per heavy atom. The first-order valence-electron chi connectivity index (χ1n) is 6.83. The number of hydrogen-bond acceptors (Lipinski definition) is 1. The molecule has 0 radical (unpaired) electrons. The first kappa shape index (κ1) is 12.9. The average Bonchev–Trinajstić information content (AvgIpc) is 2.82. The lowest BCUT2D eigenvalue weighted by Gasteiger charge is -2.21. The van der Waals surface area contributed by atoms with Crippen LogP contribution in [0.5, 0.6) is 0 Å². The topological polar surface area (TPSA) is 12.0 Å². The molecular formula is C17H18BrN. The molecule has 0 saturated heterocycles. The summed E-state index contributed by atoms with van der Waals surface area (Å²) in [4.78, 5) is 0. The van der Waals surface area contributed by atoms with Gasteiger partial charge in [-0.1, -0.05) is 52.3 Å². The number of nitrogens with one attached hydrogen (secondary N) is 1. The van der Waals surface area contributed by atoms with Crippen LogP contribution in [-0.4, -0.2) is 0 Å². The van der Waals surface area contributed by atoms with Crippen molar-refractivity contribution >= 4 is 15.9 Å². The van der Waals surface area contributed by atoms with E-state index in [1.807, 2.05) is 0 Å². The van der Waals surface area contributed by atoms with Crippen LogP contribution in [0.1, 0.15) is 42.1 Å². The molecule has 0 spiro atoms. The van der Waals surface area contributed by atoms with E-state index in [1.54, 1.807) is 0 Å². The van der Waals surface area contributed by atoms with Gasteiger partial charge < -0.3 is 5.32 Å². The maximum absolute atomic E-state index is 3.76. The van der Waals surface area contributed by atoms with Crippen LogP contribution in [0.15, 0.2) is 53.0 Å². The summed E-state index contributed by atoms with van der Waals surface area (Å²) in [7, 11) is 0. The molecule has 0 aromatic heterocycles. The van der Waals surface area contributed by atoms with E-state index in [0.717, 1.165) is 4.47 Å². The van der Waals surface area contributed by atoms with Crippen LogP contribution < -0.4 is 5.32 Å². The van der Waals surface area contributed by atoms with Crippen LogP contribution in [0.2, 0.25) is 0 Å². The summed E-state index contributed by atoms with van der Waals surface area (Å²) in [6.45, 7) is 2.24. The molecule has 0 amide bonds. The molecule has 0 saturated carbocycles. The Hall–Kier alpha value is -1.12. The van der Waals surface area contributed by atoms with Crippen LogP contribution in [0, 0.1) is 0 Å². The number of rotatable bonds is 3. The van der Waals surface area contributed by atoms with Gasteiger partial charge in [0.05, 0.1) is 0 Å². The van der Waals surface area contributed by atoms with Crippen LogP contribution in [0.25, 0.3) is 0 Å². The molecule has 2 atom stereocenters. The monoisotopic (exact) mass is 315 g/mol. The lowest BCUT2D eigenvalue weighted by atomic mass is 10.0. The molecule has 0 fully saturated rings. The Balaban J connectivity index is 1.76. The Morgan fingerprint density at radius 3 is 2.84 bits per heavy atom. The zero-order chi connectivity index (χ0) is 13.2. The third-order valence-electron chi connectivity index (χ3n) is 3.93. The number of aryl methyl sites for hydroxylation is 1. The molecule has 98 valence electrons. The molecule has 1 aliphatic carbocycles. The zero-order valence-corrected chi connectivity index (χ0v) is 12.7. The Kier molecular flexibility index (Phi) is 3.72. The minimum Gasteiger partial charge on any atom is -0.303 e. The summed E-state index contributed by atoms with van der Waals surface area (Å²) in [5, 5.41) is 3.76. The van der Waals surface area contributed by atoms with E-state index >= 15 is 0 Å². The molecule has 1 nitrogen and oxygen atoms in total. The van der Waals surface area contributed by atoms with Gasteiger partial charge in [0.1, 0.15) is 0 Å². The van der Waals surface area contributed by atoms with E-state index in [2.05, 4.69) is 76.7 Å². The second-order valence-electron chi connectivity index (χ2n) is 5.23. The molecular weight excluding hydrogens is 298 g/mol. The highest BCUT2D eigenvalue weighted by atomic mass is 79.9. The number of halogens is 1. The molecule has 2 aromatic rings. The molecule has 19 heavy (non-hydrogen) atoms. The lowest BCUT2D eigenvalue weighted by molar-refractivity contribution is 0.465. The molecule has 0 bridgehead atoms. The van der Waals surface area contributed by atoms with Crippen LogP contribution in [0.3, 0.4) is 0 Å². The summed E-state index contributed by atoms with van der Waals surface area (Å²) < 4.78 is 1.14. The fourth-order valence-electron chi connectivity index (χ4n) is 2.90. The normalized spacial score (nSPS) is 19.2. The third kappa shape index (κ3) is 2.75. The molecule has 0 aliphatic heterocycles. The Labute approximate surface area is 123 Å². The first-order valence-corrected chi connectivity index (χ1v) is 7.62. The second-order valence-corrected chi connectivity index (χ2v) is 6.15. The Morgan fingerprint density at radius 2 is 2.00 bits per heavy atom. The second kappa shape index (κ2) is 5.48. The zero-order valence-electron chi connectivity index (χ0n) is 11.1. The standard InChI is InChI=1S/C17H18BrN/c1-12(14-6-4-7-15(18)11-14)19-17-10-9-13-5-2-3-8-16(13)17/h2-8,11-12,17,19H,9-10H2,1H3. The van der Waals surface area contributed by atoms with Gasteiger partial charge >= 0.3 is 0 Å². The van der Waals surface area contributed by atoms with E-state index in [-0.39, 0.29) is 0 Å².